The SMILES string of the molecule is CC(C)(C)OC(=O)NCCc1cncn1CCc1ncc[nH]1. The molecule has 1 amide bonds. The predicted octanol–water partition coefficient (Wildman–Crippen LogP) is 1.92. The summed E-state index contributed by atoms with van der Waals surface area (Å²) >= 11 is 0. The molecule has 0 bridgehead atoms. The Morgan fingerprint density at radius 1 is 1.41 bits per heavy atom. The van der Waals surface area contributed by atoms with Gasteiger partial charge in [0, 0.05) is 50.2 Å². The number of hydrogen-bond acceptors (Lipinski definition) is 4. The number of aryl methyl sites for hydroxylation is 2. The van der Waals surface area contributed by atoms with E-state index in [0.717, 1.165) is 24.5 Å². The summed E-state index contributed by atoms with van der Waals surface area (Å²) in [7, 11) is 0. The van der Waals surface area contributed by atoms with Gasteiger partial charge in [0.25, 0.3) is 0 Å². The Morgan fingerprint density at radius 3 is 2.91 bits per heavy atom. The van der Waals surface area contributed by atoms with E-state index in [1.807, 2.05) is 33.2 Å². The molecular weight excluding hydrogens is 282 g/mol. The molecule has 0 aliphatic rings. The number of imidazole rings is 2. The number of nitrogens with zero attached hydrogens (tertiary/aromatic N) is 3. The van der Waals surface area contributed by atoms with Crippen LogP contribution in [-0.2, 0) is 24.1 Å². The largest absolute Gasteiger partial charge is 0.444 e. The average Bonchev–Trinajstić information content (AvgIpc) is 3.04. The number of nitrogens with one attached hydrogen (secondary N) is 2. The third kappa shape index (κ3) is 5.23. The molecule has 0 unspecified atom stereocenters. The number of alkyl carbamates (subject to hydrolysis) is 1. The van der Waals surface area contributed by atoms with Crippen LogP contribution in [0.5, 0.6) is 0 Å². The first-order valence-corrected chi connectivity index (χ1v) is 7.38. The summed E-state index contributed by atoms with van der Waals surface area (Å²) in [6.07, 6.45) is 8.30. The molecule has 0 atom stereocenters. The van der Waals surface area contributed by atoms with E-state index < -0.39 is 11.7 Å². The summed E-state index contributed by atoms with van der Waals surface area (Å²) < 4.78 is 7.27. The quantitative estimate of drug-likeness (QED) is 0.854. The van der Waals surface area contributed by atoms with Crippen LogP contribution in [0.3, 0.4) is 0 Å². The monoisotopic (exact) mass is 305 g/mol. The fraction of sp³-hybridized carbons (Fsp3) is 0.533. The minimum atomic E-state index is -0.477. The van der Waals surface area contributed by atoms with E-state index in [-0.39, 0.29) is 0 Å². The van der Waals surface area contributed by atoms with Gasteiger partial charge in [0.1, 0.15) is 11.4 Å². The molecule has 0 saturated heterocycles. The first-order chi connectivity index (χ1) is 10.4. The molecule has 2 rings (SSSR count). The van der Waals surface area contributed by atoms with Crippen molar-refractivity contribution in [1.82, 2.24) is 24.8 Å². The molecule has 0 radical (unpaired) electrons. The lowest BCUT2D eigenvalue weighted by atomic mass is 10.2. The Bertz CT molecular complexity index is 583. The second-order valence-electron chi connectivity index (χ2n) is 6.04. The zero-order valence-corrected chi connectivity index (χ0v) is 13.3. The van der Waals surface area contributed by atoms with E-state index in [2.05, 4.69) is 24.8 Å². The number of carbonyl (C=O) groups excluding carboxylic acids is 1. The van der Waals surface area contributed by atoms with Crippen LogP contribution in [-0.4, -0.2) is 37.8 Å². The lowest BCUT2D eigenvalue weighted by Crippen LogP contribution is -2.33. The molecular formula is C15H23N5O2. The van der Waals surface area contributed by atoms with Crippen molar-refractivity contribution in [2.24, 2.45) is 0 Å². The third-order valence-electron chi connectivity index (χ3n) is 2.99. The predicted molar refractivity (Wildman–Crippen MR) is 82.5 cm³/mol. The topological polar surface area (TPSA) is 84.8 Å². The summed E-state index contributed by atoms with van der Waals surface area (Å²) in [6, 6.07) is 0. The summed E-state index contributed by atoms with van der Waals surface area (Å²) in [4.78, 5) is 23.0. The van der Waals surface area contributed by atoms with Gasteiger partial charge in [-0.2, -0.15) is 0 Å². The number of amides is 1. The Hall–Kier alpha value is -2.31. The van der Waals surface area contributed by atoms with Crippen molar-refractivity contribution in [3.63, 3.8) is 0 Å². The van der Waals surface area contributed by atoms with E-state index in [1.165, 1.54) is 0 Å². The van der Waals surface area contributed by atoms with Gasteiger partial charge in [0.15, 0.2) is 0 Å². The van der Waals surface area contributed by atoms with Crippen molar-refractivity contribution in [3.8, 4) is 0 Å². The normalized spacial score (nSPS) is 11.4. The van der Waals surface area contributed by atoms with Gasteiger partial charge in [-0.1, -0.05) is 0 Å². The number of hydrogen-bond donors (Lipinski definition) is 2. The van der Waals surface area contributed by atoms with Crippen LogP contribution in [0, 0.1) is 0 Å². The molecule has 7 heteroatoms. The Labute approximate surface area is 130 Å². The standard InChI is InChI=1S/C15H23N5O2/c1-15(2,3)22-14(21)19-6-4-12-10-16-11-20(12)9-5-13-17-7-8-18-13/h7-8,10-11H,4-6,9H2,1-3H3,(H,17,18)(H,19,21). The van der Waals surface area contributed by atoms with Crippen molar-refractivity contribution >= 4 is 6.09 Å². The van der Waals surface area contributed by atoms with Crippen LogP contribution in [0.25, 0.3) is 0 Å². The highest BCUT2D eigenvalue weighted by Gasteiger charge is 2.15. The van der Waals surface area contributed by atoms with Crippen molar-refractivity contribution in [3.05, 3.63) is 36.4 Å². The number of carbonyl (C=O) groups is 1. The molecule has 2 aromatic heterocycles. The maximum absolute atomic E-state index is 11.6. The molecule has 2 N–H and O–H groups in total. The average molecular weight is 305 g/mol. The molecule has 0 aliphatic carbocycles. The Kier molecular flexibility index (Phi) is 5.19. The van der Waals surface area contributed by atoms with Gasteiger partial charge in [0.05, 0.1) is 6.33 Å². The summed E-state index contributed by atoms with van der Waals surface area (Å²) in [5.41, 5.74) is 0.595. The van der Waals surface area contributed by atoms with Crippen LogP contribution >= 0.6 is 0 Å². The van der Waals surface area contributed by atoms with Crippen LogP contribution in [0.2, 0.25) is 0 Å². The highest BCUT2D eigenvalue weighted by molar-refractivity contribution is 5.67. The molecule has 2 aromatic rings. The van der Waals surface area contributed by atoms with E-state index in [4.69, 9.17) is 4.74 Å². The van der Waals surface area contributed by atoms with Gasteiger partial charge in [-0.15, -0.1) is 0 Å². The van der Waals surface area contributed by atoms with Gasteiger partial charge >= 0.3 is 6.09 Å². The van der Waals surface area contributed by atoms with Crippen LogP contribution in [0.15, 0.2) is 24.9 Å². The van der Waals surface area contributed by atoms with Gasteiger partial charge < -0.3 is 19.6 Å². The molecule has 7 nitrogen and oxygen atoms in total. The zero-order chi connectivity index (χ0) is 16.0. The number of aromatic amines is 1. The van der Waals surface area contributed by atoms with Crippen LogP contribution < -0.4 is 5.32 Å². The zero-order valence-electron chi connectivity index (χ0n) is 13.3. The second kappa shape index (κ2) is 7.11. The smallest absolute Gasteiger partial charge is 0.407 e. The molecule has 120 valence electrons. The maximum Gasteiger partial charge on any atom is 0.407 e. The third-order valence-corrected chi connectivity index (χ3v) is 2.99. The lowest BCUT2D eigenvalue weighted by molar-refractivity contribution is 0.0528. The Balaban J connectivity index is 1.76. The van der Waals surface area contributed by atoms with Gasteiger partial charge in [-0.25, -0.2) is 14.8 Å². The first kappa shape index (κ1) is 16.1. The fourth-order valence-corrected chi connectivity index (χ4v) is 2.03. The summed E-state index contributed by atoms with van der Waals surface area (Å²) in [5, 5.41) is 2.75. The van der Waals surface area contributed by atoms with Gasteiger partial charge in [0.2, 0.25) is 0 Å². The second-order valence-corrected chi connectivity index (χ2v) is 6.04. The van der Waals surface area contributed by atoms with E-state index in [1.54, 1.807) is 12.5 Å². The van der Waals surface area contributed by atoms with Crippen LogP contribution in [0.1, 0.15) is 32.3 Å². The van der Waals surface area contributed by atoms with Crippen molar-refractivity contribution in [2.45, 2.75) is 45.8 Å². The highest BCUT2D eigenvalue weighted by Crippen LogP contribution is 2.07. The molecule has 0 aromatic carbocycles. The number of rotatable bonds is 6. The molecule has 22 heavy (non-hydrogen) atoms. The molecule has 0 spiro atoms. The molecule has 0 saturated carbocycles. The number of H-pyrrole nitrogens is 1. The van der Waals surface area contributed by atoms with Crippen molar-refractivity contribution in [1.29, 1.82) is 0 Å². The molecule has 0 fully saturated rings. The van der Waals surface area contributed by atoms with Crippen molar-refractivity contribution in [2.75, 3.05) is 6.54 Å². The minimum absolute atomic E-state index is 0.394. The first-order valence-electron chi connectivity index (χ1n) is 7.38. The molecule has 2 heterocycles. The minimum Gasteiger partial charge on any atom is -0.444 e. The van der Waals surface area contributed by atoms with Gasteiger partial charge in [-0.3, -0.25) is 0 Å². The van der Waals surface area contributed by atoms with E-state index in [9.17, 15) is 4.79 Å². The lowest BCUT2D eigenvalue weighted by Gasteiger charge is -2.19. The Morgan fingerprint density at radius 2 is 2.23 bits per heavy atom. The number of ether oxygens (including phenoxy) is 1. The number of aromatic nitrogens is 4. The van der Waals surface area contributed by atoms with E-state index >= 15 is 0 Å². The fourth-order valence-electron chi connectivity index (χ4n) is 2.03. The van der Waals surface area contributed by atoms with Crippen molar-refractivity contribution < 1.29 is 9.53 Å². The molecule has 0 aliphatic heterocycles. The highest BCUT2D eigenvalue weighted by atomic mass is 16.6. The van der Waals surface area contributed by atoms with Crippen LogP contribution in [0.4, 0.5) is 4.79 Å². The van der Waals surface area contributed by atoms with E-state index in [0.29, 0.717) is 13.0 Å². The summed E-state index contributed by atoms with van der Waals surface area (Å²) in [5.74, 6) is 0.950. The summed E-state index contributed by atoms with van der Waals surface area (Å²) in [6.45, 7) is 6.85. The maximum atomic E-state index is 11.6. The van der Waals surface area contributed by atoms with Gasteiger partial charge in [-0.05, 0) is 20.8 Å².